The van der Waals surface area contributed by atoms with Crippen molar-refractivity contribution < 1.29 is 19.0 Å². The maximum atomic E-state index is 14.3. The molecular weight excluding hydrogens is 826 g/mol. The van der Waals surface area contributed by atoms with E-state index < -0.39 is 12.0 Å². The molecule has 0 aliphatic carbocycles. The molecule has 3 aromatic carbocycles. The molecule has 228 valence electrons. The third-order valence-electron chi connectivity index (χ3n) is 6.71. The minimum Gasteiger partial charge on any atom is -0.491 e. The lowest BCUT2D eigenvalue weighted by molar-refractivity contribution is -0.139. The number of aromatic nitrogens is 1. The minimum atomic E-state index is -0.779. The number of esters is 1. The first-order valence-electron chi connectivity index (χ1n) is 13.9. The van der Waals surface area contributed by atoms with E-state index in [0.717, 1.165) is 18.3 Å². The zero-order chi connectivity index (χ0) is 31.5. The number of carbonyl (C=O) groups is 1. The first-order chi connectivity index (χ1) is 21.1. The molecule has 0 N–H and O–H groups in total. The number of carbonyl (C=O) groups excluding carboxylic acids is 1. The molecule has 0 saturated carbocycles. The molecule has 7 nitrogen and oxygen atoms in total. The highest BCUT2D eigenvalue weighted by Crippen LogP contribution is 2.36. The van der Waals surface area contributed by atoms with Gasteiger partial charge in [0.15, 0.2) is 4.80 Å². The molecule has 0 radical (unpaired) electrons. The molecular formula is C33H29ClI2N2O5S. The lowest BCUT2D eigenvalue weighted by Crippen LogP contribution is -2.40. The standard InChI is InChI=1S/C33H29ClI2N2O5S/c1-5-41-32(40)28-19(4)37-33-38(29(28)24-8-6-7-9-26(24)43-18(2)3)31(39)27(44-33)15-21-14-23(35)16-25(36)30(21)42-17-20-10-12-22(34)13-11-20/h6-16,18,29H,5,17H2,1-4H3/b27-15-/t29-/m0/s1. The topological polar surface area (TPSA) is 79.1 Å². The predicted molar refractivity (Wildman–Crippen MR) is 190 cm³/mol. The second-order valence-corrected chi connectivity index (χ2v) is 14.1. The molecule has 1 aliphatic rings. The van der Waals surface area contributed by atoms with Gasteiger partial charge in [0.2, 0.25) is 0 Å². The Morgan fingerprint density at radius 2 is 1.86 bits per heavy atom. The van der Waals surface area contributed by atoms with Gasteiger partial charge in [-0.25, -0.2) is 9.79 Å². The van der Waals surface area contributed by atoms with E-state index in [-0.39, 0.29) is 18.3 Å². The summed E-state index contributed by atoms with van der Waals surface area (Å²) in [5.41, 5.74) is 2.95. The number of rotatable bonds is 9. The van der Waals surface area contributed by atoms with Gasteiger partial charge in [-0.15, -0.1) is 0 Å². The second kappa shape index (κ2) is 14.2. The average Bonchev–Trinajstić information content (AvgIpc) is 3.26. The average molecular weight is 855 g/mol. The number of allylic oxidation sites excluding steroid dienone is 1. The lowest BCUT2D eigenvalue weighted by Gasteiger charge is -2.26. The summed E-state index contributed by atoms with van der Waals surface area (Å²) in [7, 11) is 0. The van der Waals surface area contributed by atoms with Crippen LogP contribution in [-0.4, -0.2) is 23.2 Å². The highest BCUT2D eigenvalue weighted by Gasteiger charge is 2.35. The van der Waals surface area contributed by atoms with Crippen LogP contribution in [-0.2, 0) is 16.1 Å². The zero-order valence-electron chi connectivity index (χ0n) is 24.4. The van der Waals surface area contributed by atoms with Gasteiger partial charge in [0.25, 0.3) is 5.56 Å². The summed E-state index contributed by atoms with van der Waals surface area (Å²) in [6.45, 7) is 7.93. The van der Waals surface area contributed by atoms with Crippen LogP contribution in [0.3, 0.4) is 0 Å². The first-order valence-corrected chi connectivity index (χ1v) is 17.2. The summed E-state index contributed by atoms with van der Waals surface area (Å²) in [5.74, 6) is 0.739. The van der Waals surface area contributed by atoms with Crippen LogP contribution >= 0.6 is 68.1 Å². The molecule has 0 bridgehead atoms. The third kappa shape index (κ3) is 7.08. The van der Waals surface area contributed by atoms with Crippen molar-refractivity contribution in [1.82, 2.24) is 4.57 Å². The molecule has 11 heteroatoms. The Bertz CT molecular complexity index is 1930. The molecule has 0 unspecified atom stereocenters. The van der Waals surface area contributed by atoms with Crippen LogP contribution in [0.15, 0.2) is 81.7 Å². The maximum Gasteiger partial charge on any atom is 0.338 e. The van der Waals surface area contributed by atoms with Crippen LogP contribution in [0.1, 0.15) is 50.4 Å². The van der Waals surface area contributed by atoms with Crippen molar-refractivity contribution in [3.8, 4) is 11.5 Å². The Hall–Kier alpha value is -2.68. The van der Waals surface area contributed by atoms with Crippen LogP contribution in [0.5, 0.6) is 11.5 Å². The summed E-state index contributed by atoms with van der Waals surface area (Å²) in [6, 6.07) is 18.2. The fraction of sp³-hybridized carbons (Fsp3) is 0.242. The van der Waals surface area contributed by atoms with Gasteiger partial charge in [-0.3, -0.25) is 9.36 Å². The number of hydrogen-bond acceptors (Lipinski definition) is 7. The number of fused-ring (bicyclic) bond motifs is 1. The van der Waals surface area contributed by atoms with Gasteiger partial charge in [-0.05, 0) is 115 Å². The number of benzene rings is 3. The summed E-state index contributed by atoms with van der Waals surface area (Å²) in [4.78, 5) is 32.8. The molecule has 1 atom stereocenters. The zero-order valence-corrected chi connectivity index (χ0v) is 30.3. The van der Waals surface area contributed by atoms with Crippen molar-refractivity contribution in [2.24, 2.45) is 4.99 Å². The Kier molecular flexibility index (Phi) is 10.5. The lowest BCUT2D eigenvalue weighted by atomic mass is 9.95. The fourth-order valence-electron chi connectivity index (χ4n) is 4.87. The molecule has 44 heavy (non-hydrogen) atoms. The summed E-state index contributed by atoms with van der Waals surface area (Å²) < 4.78 is 21.8. The number of thiazole rings is 1. The molecule has 1 aliphatic heterocycles. The van der Waals surface area contributed by atoms with E-state index in [2.05, 4.69) is 45.2 Å². The molecule has 0 saturated heterocycles. The van der Waals surface area contributed by atoms with Crippen molar-refractivity contribution in [2.45, 2.75) is 46.4 Å². The Labute approximate surface area is 291 Å². The van der Waals surface area contributed by atoms with E-state index in [1.807, 2.05) is 80.6 Å². The number of nitrogens with zero attached hydrogens (tertiary/aromatic N) is 2. The summed E-state index contributed by atoms with van der Waals surface area (Å²) >= 11 is 11.8. The first kappa shape index (κ1) is 32.7. The maximum absolute atomic E-state index is 14.3. The van der Waals surface area contributed by atoms with Gasteiger partial charge in [0.1, 0.15) is 24.1 Å². The normalized spacial score (nSPS) is 14.8. The molecule has 2 heterocycles. The van der Waals surface area contributed by atoms with Gasteiger partial charge in [0, 0.05) is 19.7 Å². The van der Waals surface area contributed by atoms with Crippen molar-refractivity contribution in [3.63, 3.8) is 0 Å². The molecule has 0 fully saturated rings. The van der Waals surface area contributed by atoms with Gasteiger partial charge in [-0.1, -0.05) is 53.3 Å². The largest absolute Gasteiger partial charge is 0.491 e. The molecule has 4 aromatic rings. The second-order valence-electron chi connectivity index (χ2n) is 10.2. The molecule has 1 aromatic heterocycles. The van der Waals surface area contributed by atoms with E-state index >= 15 is 0 Å². The van der Waals surface area contributed by atoms with Crippen LogP contribution in [0.2, 0.25) is 5.02 Å². The van der Waals surface area contributed by atoms with Crippen molar-refractivity contribution in [2.75, 3.05) is 6.61 Å². The monoisotopic (exact) mass is 854 g/mol. The number of halogens is 3. The van der Waals surface area contributed by atoms with Gasteiger partial charge >= 0.3 is 5.97 Å². The van der Waals surface area contributed by atoms with Gasteiger partial charge in [0.05, 0.1) is 32.1 Å². The number of para-hydroxylation sites is 1. The Morgan fingerprint density at radius 3 is 2.57 bits per heavy atom. The Morgan fingerprint density at radius 1 is 1.14 bits per heavy atom. The quantitative estimate of drug-likeness (QED) is 0.134. The Balaban J connectivity index is 1.67. The van der Waals surface area contributed by atoms with Gasteiger partial charge < -0.3 is 14.2 Å². The highest BCUT2D eigenvalue weighted by molar-refractivity contribution is 14.1. The van der Waals surface area contributed by atoms with E-state index in [0.29, 0.717) is 49.3 Å². The molecule has 0 amide bonds. The fourth-order valence-corrected chi connectivity index (χ4v) is 8.08. The summed E-state index contributed by atoms with van der Waals surface area (Å²) in [6.07, 6.45) is 1.72. The van der Waals surface area contributed by atoms with E-state index in [9.17, 15) is 9.59 Å². The van der Waals surface area contributed by atoms with Crippen molar-refractivity contribution in [3.05, 3.63) is 120 Å². The van der Waals surface area contributed by atoms with Crippen molar-refractivity contribution in [1.29, 1.82) is 0 Å². The van der Waals surface area contributed by atoms with Crippen LogP contribution in [0.4, 0.5) is 0 Å². The van der Waals surface area contributed by atoms with Crippen molar-refractivity contribution >= 4 is 80.2 Å². The SMILES string of the molecule is CCOC(=O)C1=C(C)N=c2s/c(=C\c3cc(I)cc(I)c3OCc3ccc(Cl)cc3)c(=O)n2[C@H]1c1ccccc1OC(C)C. The van der Waals surface area contributed by atoms with Crippen LogP contribution in [0, 0.1) is 7.14 Å². The predicted octanol–water partition coefficient (Wildman–Crippen LogP) is 7.03. The highest BCUT2D eigenvalue weighted by atomic mass is 127. The van der Waals surface area contributed by atoms with Gasteiger partial charge in [-0.2, -0.15) is 0 Å². The number of ether oxygens (including phenoxy) is 3. The molecule has 5 rings (SSSR count). The third-order valence-corrected chi connectivity index (χ3v) is 9.37. The minimum absolute atomic E-state index is 0.113. The summed E-state index contributed by atoms with van der Waals surface area (Å²) in [5, 5.41) is 0.659. The molecule has 0 spiro atoms. The number of hydrogen-bond donors (Lipinski definition) is 0. The van der Waals surface area contributed by atoms with Crippen LogP contribution < -0.4 is 24.4 Å². The van der Waals surface area contributed by atoms with E-state index in [1.165, 1.54) is 11.3 Å². The van der Waals surface area contributed by atoms with Crippen LogP contribution in [0.25, 0.3) is 6.08 Å². The van der Waals surface area contributed by atoms with E-state index in [4.69, 9.17) is 30.8 Å². The smallest absolute Gasteiger partial charge is 0.338 e. The van der Waals surface area contributed by atoms with E-state index in [1.54, 1.807) is 18.4 Å².